The zero-order valence-electron chi connectivity index (χ0n) is 20.6. The van der Waals surface area contributed by atoms with E-state index in [-0.39, 0.29) is 38.7 Å². The Labute approximate surface area is 223 Å². The van der Waals surface area contributed by atoms with E-state index < -0.39 is 58.0 Å². The molecular formula is C23H21FN4O8S3. The van der Waals surface area contributed by atoms with Gasteiger partial charge < -0.3 is 10.4 Å². The van der Waals surface area contributed by atoms with Crippen LogP contribution < -0.4 is 5.32 Å². The average Bonchev–Trinajstić information content (AvgIpc) is 3.09. The molecule has 0 aliphatic carbocycles. The Kier molecular flexibility index (Phi) is 6.99. The number of aromatic nitrogens is 3. The van der Waals surface area contributed by atoms with Gasteiger partial charge >= 0.3 is 5.97 Å². The van der Waals surface area contributed by atoms with Gasteiger partial charge in [-0.2, -0.15) is 0 Å². The molecule has 0 aliphatic rings. The van der Waals surface area contributed by atoms with Gasteiger partial charge in [-0.15, -0.1) is 0 Å². The third-order valence-electron chi connectivity index (χ3n) is 5.66. The van der Waals surface area contributed by atoms with Crippen molar-refractivity contribution in [2.24, 2.45) is 0 Å². The molecule has 16 heteroatoms. The minimum absolute atomic E-state index is 0.103. The smallest absolute Gasteiger partial charge is 0.307 e. The number of carboxylic acid groups (broad SMARTS) is 1. The highest BCUT2D eigenvalue weighted by Gasteiger charge is 2.26. The molecule has 0 spiro atoms. The van der Waals surface area contributed by atoms with Gasteiger partial charge in [0.25, 0.3) is 10.0 Å². The predicted octanol–water partition coefficient (Wildman–Crippen LogP) is 2.29. The first-order valence-corrected chi connectivity index (χ1v) is 16.1. The van der Waals surface area contributed by atoms with Crippen LogP contribution in [0.1, 0.15) is 11.3 Å². The van der Waals surface area contributed by atoms with Gasteiger partial charge in [-0.3, -0.25) is 4.79 Å². The van der Waals surface area contributed by atoms with E-state index in [0.29, 0.717) is 0 Å². The molecule has 0 saturated heterocycles. The van der Waals surface area contributed by atoms with Gasteiger partial charge in [0.1, 0.15) is 5.82 Å². The topological polar surface area (TPSA) is 182 Å². The maximum atomic E-state index is 13.9. The Morgan fingerprint density at radius 2 is 1.49 bits per heavy atom. The lowest BCUT2D eigenvalue weighted by Gasteiger charge is -2.12. The number of hydrogen-bond acceptors (Lipinski definition) is 10. The molecule has 4 rings (SSSR count). The lowest BCUT2D eigenvalue weighted by atomic mass is 10.1. The maximum absolute atomic E-state index is 13.9. The van der Waals surface area contributed by atoms with Gasteiger partial charge in [-0.05, 0) is 55.0 Å². The number of carboxylic acids is 1. The van der Waals surface area contributed by atoms with Crippen LogP contribution in [-0.4, -0.2) is 62.8 Å². The van der Waals surface area contributed by atoms with Crippen LogP contribution in [0.4, 0.5) is 16.0 Å². The van der Waals surface area contributed by atoms with Crippen LogP contribution in [0.5, 0.6) is 0 Å². The van der Waals surface area contributed by atoms with Crippen LogP contribution in [0.2, 0.25) is 0 Å². The minimum atomic E-state index is -4.28. The van der Waals surface area contributed by atoms with Crippen LogP contribution in [-0.2, 0) is 40.9 Å². The van der Waals surface area contributed by atoms with Crippen molar-refractivity contribution < 1.29 is 39.5 Å². The standard InChI is InChI=1S/C23H21FN4O8S3/c1-13-17(11-22(29)30)18-10-14(24)4-9-19(18)28(13)39(35,36)16-7-5-15(6-8-16)25-23-26-20(37(2,31)32)12-21(27-23)38(3,33)34/h4-10,12H,11H2,1-3H3,(H,29,30)(H,25,26,27). The monoisotopic (exact) mass is 596 g/mol. The number of benzene rings is 2. The Balaban J connectivity index is 1.76. The van der Waals surface area contributed by atoms with Crippen LogP contribution in [0.15, 0.2) is 63.5 Å². The number of sulfone groups is 2. The van der Waals surface area contributed by atoms with Crippen molar-refractivity contribution in [1.82, 2.24) is 13.9 Å². The highest BCUT2D eigenvalue weighted by Crippen LogP contribution is 2.31. The summed E-state index contributed by atoms with van der Waals surface area (Å²) >= 11 is 0. The van der Waals surface area contributed by atoms with Gasteiger partial charge in [0.05, 0.1) is 16.8 Å². The summed E-state index contributed by atoms with van der Waals surface area (Å²) in [6.45, 7) is 1.43. The van der Waals surface area contributed by atoms with E-state index >= 15 is 0 Å². The van der Waals surface area contributed by atoms with Crippen molar-refractivity contribution in [1.29, 1.82) is 0 Å². The van der Waals surface area contributed by atoms with Crippen molar-refractivity contribution in [2.75, 3.05) is 17.8 Å². The largest absolute Gasteiger partial charge is 0.481 e. The summed E-state index contributed by atoms with van der Waals surface area (Å²) in [7, 11) is -12.1. The van der Waals surface area contributed by atoms with E-state index in [4.69, 9.17) is 0 Å². The molecule has 2 heterocycles. The zero-order chi connectivity index (χ0) is 28.9. The minimum Gasteiger partial charge on any atom is -0.481 e. The molecule has 0 unspecified atom stereocenters. The van der Waals surface area contributed by atoms with Crippen LogP contribution in [0.3, 0.4) is 0 Å². The molecule has 12 nitrogen and oxygen atoms in total. The number of rotatable bonds is 8. The molecule has 0 atom stereocenters. The lowest BCUT2D eigenvalue weighted by Crippen LogP contribution is -2.15. The summed E-state index contributed by atoms with van der Waals surface area (Å²) in [6, 6.07) is 9.32. The van der Waals surface area contributed by atoms with Crippen LogP contribution in [0.25, 0.3) is 10.9 Å². The highest BCUT2D eigenvalue weighted by atomic mass is 32.2. The van der Waals surface area contributed by atoms with Crippen LogP contribution >= 0.6 is 0 Å². The molecular weight excluding hydrogens is 575 g/mol. The predicted molar refractivity (Wildman–Crippen MR) is 139 cm³/mol. The van der Waals surface area contributed by atoms with Gasteiger partial charge in [0.2, 0.25) is 5.95 Å². The number of aliphatic carboxylic acids is 1. The second kappa shape index (κ2) is 9.69. The highest BCUT2D eigenvalue weighted by molar-refractivity contribution is 7.91. The normalized spacial score (nSPS) is 12.5. The Morgan fingerprint density at radius 3 is 2.00 bits per heavy atom. The lowest BCUT2D eigenvalue weighted by molar-refractivity contribution is -0.136. The number of fused-ring (bicyclic) bond motifs is 1. The summed E-state index contributed by atoms with van der Waals surface area (Å²) in [5.74, 6) is -2.21. The molecule has 0 aliphatic heterocycles. The Morgan fingerprint density at radius 1 is 0.923 bits per heavy atom. The number of nitrogens with one attached hydrogen (secondary N) is 1. The van der Waals surface area contributed by atoms with Crippen molar-refractivity contribution in [3.8, 4) is 0 Å². The maximum Gasteiger partial charge on any atom is 0.307 e. The molecule has 4 aromatic rings. The average molecular weight is 597 g/mol. The number of halogens is 1. The number of nitrogens with zero attached hydrogens (tertiary/aromatic N) is 3. The Hall–Kier alpha value is -3.89. The van der Waals surface area contributed by atoms with E-state index in [1.165, 1.54) is 37.3 Å². The molecule has 2 aromatic carbocycles. The van der Waals surface area contributed by atoms with E-state index in [0.717, 1.165) is 34.7 Å². The summed E-state index contributed by atoms with van der Waals surface area (Å²) in [5.41, 5.74) is 0.580. The Bertz CT molecular complexity index is 1920. The van der Waals surface area contributed by atoms with Gasteiger partial charge in [-0.1, -0.05) is 0 Å². The summed E-state index contributed by atoms with van der Waals surface area (Å²) < 4.78 is 89.9. The summed E-state index contributed by atoms with van der Waals surface area (Å²) in [6.07, 6.45) is 1.20. The van der Waals surface area contributed by atoms with Gasteiger partial charge in [-0.25, -0.2) is 43.6 Å². The molecule has 0 fully saturated rings. The quantitative estimate of drug-likeness (QED) is 0.285. The molecule has 0 saturated carbocycles. The van der Waals surface area contributed by atoms with E-state index in [1.54, 1.807) is 0 Å². The third-order valence-corrected chi connectivity index (χ3v) is 9.42. The fraction of sp³-hybridized carbons (Fsp3) is 0.174. The second-order valence-electron chi connectivity index (χ2n) is 8.63. The SMILES string of the molecule is Cc1c(CC(=O)O)c2cc(F)ccc2n1S(=O)(=O)c1ccc(Nc2nc(S(C)(=O)=O)cc(S(C)(=O)=O)n2)cc1. The first-order valence-electron chi connectivity index (χ1n) is 10.9. The fourth-order valence-corrected chi connectivity index (χ4v) is 6.70. The van der Waals surface area contributed by atoms with Crippen molar-refractivity contribution in [3.63, 3.8) is 0 Å². The molecule has 0 radical (unpaired) electrons. The van der Waals surface area contributed by atoms with Gasteiger partial charge in [0.15, 0.2) is 29.7 Å². The number of hydrogen-bond donors (Lipinski definition) is 2. The number of carbonyl (C=O) groups is 1. The summed E-state index contributed by atoms with van der Waals surface area (Å²) in [5, 5.41) is 11.1. The first-order chi connectivity index (χ1) is 18.0. The molecule has 2 aromatic heterocycles. The first kappa shape index (κ1) is 28.1. The van der Waals surface area contributed by atoms with Crippen molar-refractivity contribution >= 4 is 58.2 Å². The summed E-state index contributed by atoms with van der Waals surface area (Å²) in [4.78, 5) is 18.9. The molecule has 206 valence electrons. The zero-order valence-corrected chi connectivity index (χ0v) is 23.0. The molecule has 39 heavy (non-hydrogen) atoms. The van der Waals surface area contributed by atoms with E-state index in [1.807, 2.05) is 0 Å². The number of anilines is 2. The third kappa shape index (κ3) is 5.62. The molecule has 2 N–H and O–H groups in total. The van der Waals surface area contributed by atoms with E-state index in [9.17, 15) is 39.5 Å². The molecule has 0 amide bonds. The van der Waals surface area contributed by atoms with Crippen molar-refractivity contribution in [2.45, 2.75) is 28.3 Å². The van der Waals surface area contributed by atoms with E-state index in [2.05, 4.69) is 15.3 Å². The van der Waals surface area contributed by atoms with Gasteiger partial charge in [0, 0.05) is 35.3 Å². The molecule has 0 bridgehead atoms. The van der Waals surface area contributed by atoms with Crippen molar-refractivity contribution in [3.05, 3.63) is 65.6 Å². The second-order valence-corrected chi connectivity index (χ2v) is 14.3. The fourth-order valence-electron chi connectivity index (χ4n) is 3.89. The van der Waals surface area contributed by atoms with Crippen LogP contribution in [0, 0.1) is 12.7 Å².